The van der Waals surface area contributed by atoms with Gasteiger partial charge in [-0.25, -0.2) is 9.38 Å². The standard InChI is InChI=1S/C27H32N6O/c1-4-21(20-11-6-5-7-12-20)26(34)31-15-10-16-32(18-17-31)27-28-23-14-9-8-13-22(23)25-30-29-24(19(2)3)33(25)27/h5-9,11-14,19,21H,4,10,15-18H2,1-3H3. The Labute approximate surface area is 200 Å². The number of amides is 1. The Morgan fingerprint density at radius 3 is 2.47 bits per heavy atom. The Kier molecular flexibility index (Phi) is 6.18. The predicted octanol–water partition coefficient (Wildman–Crippen LogP) is 4.63. The summed E-state index contributed by atoms with van der Waals surface area (Å²) < 4.78 is 2.11. The third-order valence-electron chi connectivity index (χ3n) is 6.77. The average Bonchev–Trinajstić information content (AvgIpc) is 3.17. The summed E-state index contributed by atoms with van der Waals surface area (Å²) in [6, 6.07) is 18.2. The van der Waals surface area contributed by atoms with Crippen molar-refractivity contribution in [3.63, 3.8) is 0 Å². The van der Waals surface area contributed by atoms with Crippen molar-refractivity contribution in [2.45, 2.75) is 45.4 Å². The van der Waals surface area contributed by atoms with E-state index in [-0.39, 0.29) is 17.7 Å². The Morgan fingerprint density at radius 1 is 0.941 bits per heavy atom. The van der Waals surface area contributed by atoms with Gasteiger partial charge in [0.1, 0.15) is 5.82 Å². The molecule has 5 rings (SSSR count). The van der Waals surface area contributed by atoms with Gasteiger partial charge in [0.15, 0.2) is 5.65 Å². The van der Waals surface area contributed by atoms with Gasteiger partial charge >= 0.3 is 0 Å². The Morgan fingerprint density at radius 2 is 1.71 bits per heavy atom. The highest BCUT2D eigenvalue weighted by molar-refractivity contribution is 5.92. The van der Waals surface area contributed by atoms with Crippen LogP contribution < -0.4 is 4.90 Å². The molecule has 0 saturated carbocycles. The van der Waals surface area contributed by atoms with Gasteiger partial charge in [-0.05, 0) is 30.5 Å². The third-order valence-corrected chi connectivity index (χ3v) is 6.77. The first-order valence-electron chi connectivity index (χ1n) is 12.3. The van der Waals surface area contributed by atoms with Crippen LogP contribution in [0.15, 0.2) is 54.6 Å². The SMILES string of the molecule is CCC(C(=O)N1CCCN(c2nc3ccccc3c3nnc(C(C)C)n23)CC1)c1ccccc1. The molecule has 0 radical (unpaired) electrons. The molecule has 0 aliphatic carbocycles. The minimum absolute atomic E-state index is 0.0938. The molecule has 1 fully saturated rings. The minimum atomic E-state index is -0.0938. The summed E-state index contributed by atoms with van der Waals surface area (Å²) in [5.74, 6) is 2.13. The summed E-state index contributed by atoms with van der Waals surface area (Å²) in [5, 5.41) is 10.1. The molecule has 1 saturated heterocycles. The van der Waals surface area contributed by atoms with Gasteiger partial charge in [0.2, 0.25) is 11.9 Å². The summed E-state index contributed by atoms with van der Waals surface area (Å²) in [6.45, 7) is 9.36. The monoisotopic (exact) mass is 456 g/mol. The second kappa shape index (κ2) is 9.41. The first-order chi connectivity index (χ1) is 16.6. The highest BCUT2D eigenvalue weighted by Crippen LogP contribution is 2.28. The number of rotatable bonds is 5. The molecule has 3 heterocycles. The van der Waals surface area contributed by atoms with Crippen LogP contribution in [0.2, 0.25) is 0 Å². The molecule has 0 spiro atoms. The van der Waals surface area contributed by atoms with E-state index in [2.05, 4.69) is 58.5 Å². The van der Waals surface area contributed by atoms with Crippen molar-refractivity contribution in [3.05, 3.63) is 66.0 Å². The van der Waals surface area contributed by atoms with Gasteiger partial charge < -0.3 is 9.80 Å². The maximum absolute atomic E-state index is 13.5. The van der Waals surface area contributed by atoms with Crippen molar-refractivity contribution >= 4 is 28.4 Å². The molecular weight excluding hydrogens is 424 g/mol. The highest BCUT2D eigenvalue weighted by Gasteiger charge is 2.28. The zero-order chi connectivity index (χ0) is 23.7. The fourth-order valence-electron chi connectivity index (χ4n) is 4.97. The molecule has 1 unspecified atom stereocenters. The molecule has 1 aliphatic heterocycles. The second-order valence-corrected chi connectivity index (χ2v) is 9.34. The normalized spacial score (nSPS) is 15.8. The molecule has 0 bridgehead atoms. The van der Waals surface area contributed by atoms with Crippen LogP contribution in [0.5, 0.6) is 0 Å². The molecule has 1 amide bonds. The lowest BCUT2D eigenvalue weighted by Gasteiger charge is -2.27. The number of benzene rings is 2. The van der Waals surface area contributed by atoms with Gasteiger partial charge in [-0.1, -0.05) is 63.2 Å². The molecular formula is C27H32N6O. The second-order valence-electron chi connectivity index (χ2n) is 9.34. The molecule has 2 aromatic carbocycles. The van der Waals surface area contributed by atoms with E-state index < -0.39 is 0 Å². The summed E-state index contributed by atoms with van der Waals surface area (Å²) in [6.07, 6.45) is 1.69. The van der Waals surface area contributed by atoms with Crippen LogP contribution in [-0.2, 0) is 4.79 Å². The van der Waals surface area contributed by atoms with Gasteiger partial charge in [0, 0.05) is 37.5 Å². The summed E-state index contributed by atoms with van der Waals surface area (Å²) in [7, 11) is 0. The van der Waals surface area contributed by atoms with Crippen molar-refractivity contribution in [2.24, 2.45) is 0 Å². The van der Waals surface area contributed by atoms with Crippen LogP contribution >= 0.6 is 0 Å². The molecule has 0 N–H and O–H groups in total. The minimum Gasteiger partial charge on any atom is -0.340 e. The topological polar surface area (TPSA) is 66.6 Å². The Hall–Kier alpha value is -3.48. The van der Waals surface area contributed by atoms with E-state index in [0.29, 0.717) is 6.54 Å². The molecule has 2 aromatic heterocycles. The lowest BCUT2D eigenvalue weighted by Crippen LogP contribution is -2.38. The maximum atomic E-state index is 13.5. The number of anilines is 1. The van der Waals surface area contributed by atoms with E-state index in [1.54, 1.807) is 0 Å². The van der Waals surface area contributed by atoms with Crippen molar-refractivity contribution in [3.8, 4) is 0 Å². The fraction of sp³-hybridized carbons (Fsp3) is 0.407. The van der Waals surface area contributed by atoms with Gasteiger partial charge in [0.05, 0.1) is 11.4 Å². The number of carbonyl (C=O) groups excluding carboxylic acids is 1. The van der Waals surface area contributed by atoms with Crippen molar-refractivity contribution < 1.29 is 4.79 Å². The van der Waals surface area contributed by atoms with E-state index in [4.69, 9.17) is 4.98 Å². The van der Waals surface area contributed by atoms with Gasteiger partial charge in [-0.15, -0.1) is 10.2 Å². The van der Waals surface area contributed by atoms with Crippen LogP contribution in [0, 0.1) is 0 Å². The number of carbonyl (C=O) groups is 1. The molecule has 7 heteroatoms. The molecule has 1 aliphatic rings. The molecule has 1 atom stereocenters. The van der Waals surface area contributed by atoms with Crippen LogP contribution in [0.3, 0.4) is 0 Å². The van der Waals surface area contributed by atoms with Gasteiger partial charge in [0.25, 0.3) is 0 Å². The van der Waals surface area contributed by atoms with Crippen molar-refractivity contribution in [2.75, 3.05) is 31.1 Å². The largest absolute Gasteiger partial charge is 0.340 e. The quantitative estimate of drug-likeness (QED) is 0.438. The lowest BCUT2D eigenvalue weighted by atomic mass is 9.95. The fourth-order valence-corrected chi connectivity index (χ4v) is 4.97. The van der Waals surface area contributed by atoms with E-state index in [1.807, 2.05) is 41.3 Å². The number of hydrogen-bond donors (Lipinski definition) is 0. The summed E-state index contributed by atoms with van der Waals surface area (Å²) in [4.78, 5) is 22.9. The number of nitrogens with zero attached hydrogens (tertiary/aromatic N) is 6. The van der Waals surface area contributed by atoms with Gasteiger partial charge in [-0.3, -0.25) is 4.79 Å². The van der Waals surface area contributed by atoms with Gasteiger partial charge in [-0.2, -0.15) is 0 Å². The van der Waals surface area contributed by atoms with Crippen LogP contribution in [-0.4, -0.2) is 56.6 Å². The first kappa shape index (κ1) is 22.3. The average molecular weight is 457 g/mol. The lowest BCUT2D eigenvalue weighted by molar-refractivity contribution is -0.132. The molecule has 4 aromatic rings. The maximum Gasteiger partial charge on any atom is 0.230 e. The first-order valence-corrected chi connectivity index (χ1v) is 12.3. The number of fused-ring (bicyclic) bond motifs is 3. The molecule has 34 heavy (non-hydrogen) atoms. The van der Waals surface area contributed by atoms with E-state index >= 15 is 0 Å². The van der Waals surface area contributed by atoms with Crippen LogP contribution in [0.4, 0.5) is 5.95 Å². The van der Waals surface area contributed by atoms with E-state index in [9.17, 15) is 4.79 Å². The Balaban J connectivity index is 1.46. The summed E-state index contributed by atoms with van der Waals surface area (Å²) in [5.41, 5.74) is 2.86. The van der Waals surface area contributed by atoms with Crippen LogP contribution in [0.25, 0.3) is 16.6 Å². The van der Waals surface area contributed by atoms with E-state index in [0.717, 1.165) is 66.4 Å². The van der Waals surface area contributed by atoms with Crippen molar-refractivity contribution in [1.82, 2.24) is 24.5 Å². The number of aromatic nitrogens is 4. The zero-order valence-electron chi connectivity index (χ0n) is 20.2. The van der Waals surface area contributed by atoms with Crippen LogP contribution in [0.1, 0.15) is 56.8 Å². The smallest absolute Gasteiger partial charge is 0.230 e. The predicted molar refractivity (Wildman–Crippen MR) is 135 cm³/mol. The molecule has 7 nitrogen and oxygen atoms in total. The Bertz CT molecular complexity index is 1300. The number of para-hydroxylation sites is 1. The zero-order valence-corrected chi connectivity index (χ0v) is 20.2. The molecule has 176 valence electrons. The highest BCUT2D eigenvalue weighted by atomic mass is 16.2. The van der Waals surface area contributed by atoms with Crippen molar-refractivity contribution in [1.29, 1.82) is 0 Å². The number of hydrogen-bond acceptors (Lipinski definition) is 5. The third kappa shape index (κ3) is 4.00. The summed E-state index contributed by atoms with van der Waals surface area (Å²) >= 11 is 0. The van der Waals surface area contributed by atoms with E-state index in [1.165, 1.54) is 0 Å².